The van der Waals surface area contributed by atoms with Crippen molar-refractivity contribution in [3.8, 4) is 0 Å². The molecule has 1 aliphatic heterocycles. The first-order valence-electron chi connectivity index (χ1n) is 8.01. The van der Waals surface area contributed by atoms with E-state index in [0.717, 1.165) is 0 Å². The van der Waals surface area contributed by atoms with Crippen LogP contribution in [0.1, 0.15) is 60.3 Å². The third kappa shape index (κ3) is 2.81. The van der Waals surface area contributed by atoms with Crippen LogP contribution in [0, 0.1) is 17.8 Å². The highest BCUT2D eigenvalue weighted by Gasteiger charge is 2.44. The van der Waals surface area contributed by atoms with Crippen molar-refractivity contribution in [1.82, 2.24) is 10.2 Å². The Morgan fingerprint density at radius 3 is 2.26 bits per heavy atom. The second kappa shape index (κ2) is 5.82. The van der Waals surface area contributed by atoms with E-state index in [2.05, 4.69) is 44.8 Å². The summed E-state index contributed by atoms with van der Waals surface area (Å²) in [4.78, 5) is 14.9. The number of hydrogen-bond donors (Lipinski definition) is 1. The molecule has 3 heteroatoms. The lowest BCUT2D eigenvalue weighted by Gasteiger charge is -2.41. The fraction of sp³-hybridized carbons (Fsp3) is 0.938. The number of rotatable bonds is 3. The largest absolute Gasteiger partial charge is 0.323 e. The molecule has 1 N–H and O–H groups in total. The zero-order valence-electron chi connectivity index (χ0n) is 13.1. The molecule has 19 heavy (non-hydrogen) atoms. The summed E-state index contributed by atoms with van der Waals surface area (Å²) in [5.74, 6) is 2.05. The number of hydrogen-bond acceptors (Lipinski definition) is 2. The molecule has 0 radical (unpaired) electrons. The van der Waals surface area contributed by atoms with Crippen LogP contribution in [-0.4, -0.2) is 29.1 Å². The van der Waals surface area contributed by atoms with E-state index in [-0.39, 0.29) is 12.2 Å². The maximum absolute atomic E-state index is 12.7. The molecule has 110 valence electrons. The third-order valence-corrected chi connectivity index (χ3v) is 5.02. The molecule has 1 heterocycles. The van der Waals surface area contributed by atoms with E-state index in [1.165, 1.54) is 25.7 Å². The summed E-state index contributed by atoms with van der Waals surface area (Å²) < 4.78 is 0. The molecule has 4 unspecified atom stereocenters. The van der Waals surface area contributed by atoms with Gasteiger partial charge in [-0.25, -0.2) is 0 Å². The lowest BCUT2D eigenvalue weighted by molar-refractivity contribution is -0.135. The predicted octanol–water partition coefficient (Wildman–Crippen LogP) is 3.00. The van der Waals surface area contributed by atoms with Gasteiger partial charge < -0.3 is 4.90 Å². The smallest absolute Gasteiger partial charge is 0.241 e. The van der Waals surface area contributed by atoms with Gasteiger partial charge in [0.15, 0.2) is 0 Å². The van der Waals surface area contributed by atoms with Gasteiger partial charge in [-0.3, -0.25) is 10.1 Å². The average Bonchev–Trinajstić information content (AvgIpc) is 2.65. The predicted molar refractivity (Wildman–Crippen MR) is 78.7 cm³/mol. The van der Waals surface area contributed by atoms with Crippen LogP contribution < -0.4 is 5.32 Å². The highest BCUT2D eigenvalue weighted by Crippen LogP contribution is 2.36. The fourth-order valence-electron chi connectivity index (χ4n) is 3.95. The van der Waals surface area contributed by atoms with E-state index < -0.39 is 0 Å². The van der Waals surface area contributed by atoms with Crippen molar-refractivity contribution in [3.05, 3.63) is 0 Å². The Kier molecular flexibility index (Phi) is 4.54. The standard InChI is InChI=1S/C16H30N2O/c1-10(2)13-8-6-7-9-14(13)18-12(5)17-15(11(3)4)16(18)19/h10-15,17H,6-9H2,1-5H3. The average molecular weight is 266 g/mol. The molecule has 0 bridgehead atoms. The summed E-state index contributed by atoms with van der Waals surface area (Å²) in [6, 6.07) is 0.470. The van der Waals surface area contributed by atoms with Crippen molar-refractivity contribution < 1.29 is 4.79 Å². The third-order valence-electron chi connectivity index (χ3n) is 5.02. The van der Waals surface area contributed by atoms with Gasteiger partial charge in [0.25, 0.3) is 0 Å². The normalized spacial score (nSPS) is 36.6. The second-order valence-electron chi connectivity index (χ2n) is 7.07. The maximum atomic E-state index is 12.7. The van der Waals surface area contributed by atoms with E-state index in [4.69, 9.17) is 0 Å². The van der Waals surface area contributed by atoms with E-state index in [1.807, 2.05) is 0 Å². The highest BCUT2D eigenvalue weighted by molar-refractivity contribution is 5.84. The fourth-order valence-corrected chi connectivity index (χ4v) is 3.95. The Labute approximate surface area is 118 Å². The summed E-state index contributed by atoms with van der Waals surface area (Å²) in [6.45, 7) is 11.0. The molecular formula is C16H30N2O. The van der Waals surface area contributed by atoms with Gasteiger partial charge in [-0.2, -0.15) is 0 Å². The summed E-state index contributed by atoms with van der Waals surface area (Å²) in [5, 5.41) is 3.49. The van der Waals surface area contributed by atoms with E-state index in [9.17, 15) is 4.79 Å². The van der Waals surface area contributed by atoms with Crippen molar-refractivity contribution in [2.24, 2.45) is 17.8 Å². The van der Waals surface area contributed by atoms with E-state index in [1.54, 1.807) is 0 Å². The topological polar surface area (TPSA) is 32.3 Å². The molecule has 0 aromatic carbocycles. The molecule has 3 nitrogen and oxygen atoms in total. The molecule has 0 aromatic heterocycles. The van der Waals surface area contributed by atoms with Crippen LogP contribution in [0.25, 0.3) is 0 Å². The van der Waals surface area contributed by atoms with Gasteiger partial charge in [0.05, 0.1) is 12.2 Å². The zero-order valence-corrected chi connectivity index (χ0v) is 13.1. The SMILES string of the molecule is CC(C)C1NC(C)N(C2CCCCC2C(C)C)C1=O. The first-order chi connectivity index (χ1) is 8.93. The molecule has 1 amide bonds. The Morgan fingerprint density at radius 1 is 1.11 bits per heavy atom. The quantitative estimate of drug-likeness (QED) is 0.851. The molecule has 0 spiro atoms. The highest BCUT2D eigenvalue weighted by atomic mass is 16.2. The Balaban J connectivity index is 2.17. The van der Waals surface area contributed by atoms with Crippen LogP contribution in [0.4, 0.5) is 0 Å². The summed E-state index contributed by atoms with van der Waals surface area (Å²) in [6.07, 6.45) is 5.27. The molecule has 1 saturated carbocycles. The molecule has 2 fully saturated rings. The minimum atomic E-state index is 0.0183. The Morgan fingerprint density at radius 2 is 1.74 bits per heavy atom. The molecule has 4 atom stereocenters. The number of carbonyl (C=O) groups excluding carboxylic acids is 1. The lowest BCUT2D eigenvalue weighted by Crippen LogP contribution is -2.49. The van der Waals surface area contributed by atoms with Gasteiger partial charge in [0.2, 0.25) is 5.91 Å². The summed E-state index contributed by atoms with van der Waals surface area (Å²) in [7, 11) is 0. The first-order valence-corrected chi connectivity index (χ1v) is 8.01. The van der Waals surface area contributed by atoms with Gasteiger partial charge in [-0.05, 0) is 37.5 Å². The van der Waals surface area contributed by atoms with Gasteiger partial charge in [-0.1, -0.05) is 40.5 Å². The van der Waals surface area contributed by atoms with Crippen LogP contribution >= 0.6 is 0 Å². The van der Waals surface area contributed by atoms with Crippen LogP contribution in [0.5, 0.6) is 0 Å². The van der Waals surface area contributed by atoms with Crippen LogP contribution in [0.2, 0.25) is 0 Å². The van der Waals surface area contributed by atoms with E-state index in [0.29, 0.717) is 29.7 Å². The van der Waals surface area contributed by atoms with Gasteiger partial charge in [-0.15, -0.1) is 0 Å². The van der Waals surface area contributed by atoms with Crippen molar-refractivity contribution in [3.63, 3.8) is 0 Å². The molecule has 2 aliphatic rings. The minimum Gasteiger partial charge on any atom is -0.323 e. The number of nitrogens with zero attached hydrogens (tertiary/aromatic N) is 1. The minimum absolute atomic E-state index is 0.0183. The molecule has 1 saturated heterocycles. The summed E-state index contributed by atoms with van der Waals surface area (Å²) >= 11 is 0. The van der Waals surface area contributed by atoms with E-state index >= 15 is 0 Å². The first kappa shape index (κ1) is 14.8. The van der Waals surface area contributed by atoms with Crippen molar-refractivity contribution in [2.45, 2.75) is 78.6 Å². The van der Waals surface area contributed by atoms with Crippen molar-refractivity contribution >= 4 is 5.91 Å². The number of amides is 1. The van der Waals surface area contributed by atoms with Crippen LogP contribution in [0.3, 0.4) is 0 Å². The molecule has 2 rings (SSSR count). The molecular weight excluding hydrogens is 236 g/mol. The maximum Gasteiger partial charge on any atom is 0.241 e. The zero-order chi connectivity index (χ0) is 14.2. The van der Waals surface area contributed by atoms with Gasteiger partial charge in [0.1, 0.15) is 0 Å². The molecule has 0 aromatic rings. The van der Waals surface area contributed by atoms with Crippen molar-refractivity contribution in [1.29, 1.82) is 0 Å². The van der Waals surface area contributed by atoms with Crippen LogP contribution in [0.15, 0.2) is 0 Å². The Bertz CT molecular complexity index is 327. The van der Waals surface area contributed by atoms with Crippen LogP contribution in [-0.2, 0) is 4.79 Å². The second-order valence-corrected chi connectivity index (χ2v) is 7.07. The lowest BCUT2D eigenvalue weighted by atomic mass is 9.77. The number of carbonyl (C=O) groups is 1. The monoisotopic (exact) mass is 266 g/mol. The van der Waals surface area contributed by atoms with Crippen molar-refractivity contribution in [2.75, 3.05) is 0 Å². The number of nitrogens with one attached hydrogen (secondary N) is 1. The van der Waals surface area contributed by atoms with Gasteiger partial charge >= 0.3 is 0 Å². The van der Waals surface area contributed by atoms with Gasteiger partial charge in [0, 0.05) is 6.04 Å². The Hall–Kier alpha value is -0.570. The summed E-state index contributed by atoms with van der Waals surface area (Å²) in [5.41, 5.74) is 0. The molecule has 1 aliphatic carbocycles.